The maximum absolute atomic E-state index is 12.8. The third-order valence-corrected chi connectivity index (χ3v) is 6.01. The van der Waals surface area contributed by atoms with E-state index in [0.717, 1.165) is 20.7 Å². The number of hydrogen-bond acceptors (Lipinski definition) is 4. The van der Waals surface area contributed by atoms with Gasteiger partial charge in [0.05, 0.1) is 16.9 Å². The summed E-state index contributed by atoms with van der Waals surface area (Å²) in [4.78, 5) is 33.7. The molecule has 1 aliphatic rings. The molecule has 0 aliphatic carbocycles. The highest BCUT2D eigenvalue weighted by atomic mass is 32.1. The number of hydrogen-bond donors (Lipinski definition) is 1. The van der Waals surface area contributed by atoms with Crippen LogP contribution < -0.4 is 5.32 Å². The van der Waals surface area contributed by atoms with Gasteiger partial charge in [0.2, 0.25) is 0 Å². The molecule has 146 valence electrons. The molecule has 2 aromatic heterocycles. The minimum Gasteiger partial charge on any atom is -0.340 e. The van der Waals surface area contributed by atoms with Gasteiger partial charge in [0.25, 0.3) is 5.91 Å². The Morgan fingerprint density at radius 2 is 1.89 bits per heavy atom. The van der Waals surface area contributed by atoms with E-state index in [-0.39, 0.29) is 11.9 Å². The van der Waals surface area contributed by atoms with Crippen LogP contribution in [0, 0.1) is 0 Å². The summed E-state index contributed by atoms with van der Waals surface area (Å²) in [7, 11) is 1.93. The van der Waals surface area contributed by atoms with Crippen LogP contribution in [0.25, 0.3) is 10.1 Å². The Hall–Kier alpha value is -2.87. The van der Waals surface area contributed by atoms with Crippen molar-refractivity contribution in [1.29, 1.82) is 0 Å². The third kappa shape index (κ3) is 4.01. The molecule has 0 spiro atoms. The second-order valence-electron chi connectivity index (χ2n) is 6.94. The van der Waals surface area contributed by atoms with E-state index in [0.29, 0.717) is 39.1 Å². The monoisotopic (exact) mass is 397 g/mol. The van der Waals surface area contributed by atoms with Crippen LogP contribution in [-0.2, 0) is 13.5 Å². The number of imidazole rings is 1. The van der Waals surface area contributed by atoms with Crippen molar-refractivity contribution in [3.63, 3.8) is 0 Å². The van der Waals surface area contributed by atoms with Crippen molar-refractivity contribution in [3.05, 3.63) is 53.4 Å². The number of fused-ring (bicyclic) bond motifs is 1. The molecule has 1 fully saturated rings. The highest BCUT2D eigenvalue weighted by Crippen LogP contribution is 2.26. The molecule has 1 aliphatic heterocycles. The first-order chi connectivity index (χ1) is 13.6. The Bertz CT molecular complexity index is 954. The van der Waals surface area contributed by atoms with E-state index in [2.05, 4.69) is 10.3 Å². The molecule has 0 saturated carbocycles. The number of aromatic nitrogens is 2. The molecule has 0 bridgehead atoms. The predicted molar refractivity (Wildman–Crippen MR) is 110 cm³/mol. The van der Waals surface area contributed by atoms with E-state index < -0.39 is 0 Å². The van der Waals surface area contributed by atoms with Gasteiger partial charge in [-0.25, -0.2) is 9.78 Å². The van der Waals surface area contributed by atoms with Crippen molar-refractivity contribution in [2.75, 3.05) is 32.7 Å². The van der Waals surface area contributed by atoms with Gasteiger partial charge in [-0.1, -0.05) is 18.2 Å². The molecule has 1 saturated heterocycles. The van der Waals surface area contributed by atoms with Crippen molar-refractivity contribution in [3.8, 4) is 0 Å². The normalized spacial score (nSPS) is 14.5. The standard InChI is InChI=1S/C20H23N5O2S/c1-23-13-16(22-14-23)6-7-21-20(27)25-10-8-24(9-11-25)19(26)18-12-15-4-2-3-5-17(15)28-18/h2-5,12-14H,6-11H2,1H3,(H,21,27). The molecular weight excluding hydrogens is 374 g/mol. The zero-order chi connectivity index (χ0) is 19.5. The highest BCUT2D eigenvalue weighted by molar-refractivity contribution is 7.20. The van der Waals surface area contributed by atoms with E-state index in [1.807, 2.05) is 53.0 Å². The summed E-state index contributed by atoms with van der Waals surface area (Å²) in [5, 5.41) is 4.04. The summed E-state index contributed by atoms with van der Waals surface area (Å²) in [6.45, 7) is 2.76. The Morgan fingerprint density at radius 1 is 1.14 bits per heavy atom. The summed E-state index contributed by atoms with van der Waals surface area (Å²) in [5.41, 5.74) is 0.960. The first-order valence-electron chi connectivity index (χ1n) is 9.37. The van der Waals surface area contributed by atoms with E-state index >= 15 is 0 Å². The number of nitrogens with one attached hydrogen (secondary N) is 1. The van der Waals surface area contributed by atoms with Crippen molar-refractivity contribution >= 4 is 33.4 Å². The average Bonchev–Trinajstić information content (AvgIpc) is 3.33. The Morgan fingerprint density at radius 3 is 2.61 bits per heavy atom. The number of amides is 3. The minimum absolute atomic E-state index is 0.0522. The van der Waals surface area contributed by atoms with Crippen LogP contribution in [0.4, 0.5) is 4.79 Å². The Kier molecular flexibility index (Phi) is 5.29. The molecular formula is C20H23N5O2S. The van der Waals surface area contributed by atoms with Crippen LogP contribution in [0.15, 0.2) is 42.9 Å². The lowest BCUT2D eigenvalue weighted by atomic mass is 10.2. The molecule has 4 rings (SSSR count). The summed E-state index contributed by atoms with van der Waals surface area (Å²) in [5.74, 6) is 0.0522. The fraction of sp³-hybridized carbons (Fsp3) is 0.350. The quantitative estimate of drug-likeness (QED) is 0.735. The zero-order valence-corrected chi connectivity index (χ0v) is 16.6. The largest absolute Gasteiger partial charge is 0.340 e. The number of rotatable bonds is 4. The number of urea groups is 1. The number of benzene rings is 1. The van der Waals surface area contributed by atoms with Crippen LogP contribution >= 0.6 is 11.3 Å². The van der Waals surface area contributed by atoms with Crippen molar-refractivity contribution < 1.29 is 9.59 Å². The molecule has 3 heterocycles. The third-order valence-electron chi connectivity index (χ3n) is 4.91. The second kappa shape index (κ2) is 8.02. The molecule has 28 heavy (non-hydrogen) atoms. The second-order valence-corrected chi connectivity index (χ2v) is 8.02. The van der Waals surface area contributed by atoms with Crippen LogP contribution in [0.1, 0.15) is 15.4 Å². The minimum atomic E-state index is -0.0788. The molecule has 0 atom stereocenters. The first-order valence-corrected chi connectivity index (χ1v) is 10.2. The predicted octanol–water partition coefficient (Wildman–Crippen LogP) is 2.34. The van der Waals surface area contributed by atoms with Gasteiger partial charge in [-0.3, -0.25) is 4.79 Å². The van der Waals surface area contributed by atoms with E-state index in [1.54, 1.807) is 11.2 Å². The fourth-order valence-corrected chi connectivity index (χ4v) is 4.39. The smallest absolute Gasteiger partial charge is 0.317 e. The lowest BCUT2D eigenvalue weighted by molar-refractivity contribution is 0.0670. The number of carbonyl (C=O) groups is 2. The maximum atomic E-state index is 12.8. The summed E-state index contributed by atoms with van der Waals surface area (Å²) < 4.78 is 3.01. The van der Waals surface area contributed by atoms with Crippen LogP contribution in [0.5, 0.6) is 0 Å². The van der Waals surface area contributed by atoms with Crippen LogP contribution in [0.3, 0.4) is 0 Å². The SMILES string of the molecule is Cn1cnc(CCNC(=O)N2CCN(C(=O)c3cc4ccccc4s3)CC2)c1. The fourth-order valence-electron chi connectivity index (χ4n) is 3.36. The van der Waals surface area contributed by atoms with Crippen LogP contribution in [-0.4, -0.2) is 64.0 Å². The van der Waals surface area contributed by atoms with Crippen molar-refractivity contribution in [2.24, 2.45) is 7.05 Å². The summed E-state index contributed by atoms with van der Waals surface area (Å²) >= 11 is 1.53. The van der Waals surface area contributed by atoms with Crippen molar-refractivity contribution in [2.45, 2.75) is 6.42 Å². The maximum Gasteiger partial charge on any atom is 0.317 e. The molecule has 3 amide bonds. The van der Waals surface area contributed by atoms with Gasteiger partial charge in [-0.05, 0) is 17.5 Å². The van der Waals surface area contributed by atoms with Gasteiger partial charge in [0.15, 0.2) is 0 Å². The van der Waals surface area contributed by atoms with Crippen molar-refractivity contribution in [1.82, 2.24) is 24.7 Å². The van der Waals surface area contributed by atoms with Gasteiger partial charge < -0.3 is 19.7 Å². The topological polar surface area (TPSA) is 70.5 Å². The summed E-state index contributed by atoms with van der Waals surface area (Å²) in [6, 6.07) is 9.90. The van der Waals surface area contributed by atoms with E-state index in [4.69, 9.17) is 0 Å². The van der Waals surface area contributed by atoms with E-state index in [1.165, 1.54) is 11.3 Å². The number of aryl methyl sites for hydroxylation is 1. The number of piperazine rings is 1. The molecule has 7 nitrogen and oxygen atoms in total. The van der Waals surface area contributed by atoms with Gasteiger partial charge in [0, 0.05) is 57.1 Å². The first kappa shape index (κ1) is 18.5. The molecule has 8 heteroatoms. The molecule has 1 aromatic carbocycles. The van der Waals surface area contributed by atoms with Gasteiger partial charge in [-0.15, -0.1) is 11.3 Å². The van der Waals surface area contributed by atoms with Crippen LogP contribution in [0.2, 0.25) is 0 Å². The number of carbonyl (C=O) groups excluding carboxylic acids is 2. The van der Waals surface area contributed by atoms with E-state index in [9.17, 15) is 9.59 Å². The Balaban J connectivity index is 1.26. The zero-order valence-electron chi connectivity index (χ0n) is 15.8. The summed E-state index contributed by atoms with van der Waals surface area (Å²) in [6.07, 6.45) is 4.41. The molecule has 0 radical (unpaired) electrons. The van der Waals surface area contributed by atoms with Gasteiger partial charge in [0.1, 0.15) is 0 Å². The average molecular weight is 398 g/mol. The molecule has 3 aromatic rings. The lowest BCUT2D eigenvalue weighted by Crippen LogP contribution is -2.53. The molecule has 0 unspecified atom stereocenters. The Labute approximate surface area is 167 Å². The lowest BCUT2D eigenvalue weighted by Gasteiger charge is -2.34. The van der Waals surface area contributed by atoms with Gasteiger partial charge in [-0.2, -0.15) is 0 Å². The highest BCUT2D eigenvalue weighted by Gasteiger charge is 2.25. The van der Waals surface area contributed by atoms with Gasteiger partial charge >= 0.3 is 6.03 Å². The number of nitrogens with zero attached hydrogens (tertiary/aromatic N) is 4. The molecule has 1 N–H and O–H groups in total. The number of thiophene rings is 1.